The Morgan fingerprint density at radius 1 is 1.12 bits per heavy atom. The molecule has 1 aliphatic heterocycles. The first kappa shape index (κ1) is 17.3. The van der Waals surface area contributed by atoms with Crippen LogP contribution in [0.15, 0.2) is 29.1 Å². The second-order valence-electron chi connectivity index (χ2n) is 7.68. The Hall–Kier alpha value is -2.17. The maximum atomic E-state index is 13.5. The van der Waals surface area contributed by atoms with E-state index in [1.165, 1.54) is 30.4 Å². The van der Waals surface area contributed by atoms with Gasteiger partial charge in [0.05, 0.1) is 5.39 Å². The molecule has 0 bridgehead atoms. The Bertz CT molecular complexity index is 871. The number of aryl methyl sites for hydroxylation is 1. The molecular formula is C21H27N3O2. The molecule has 26 heavy (non-hydrogen) atoms. The third kappa shape index (κ3) is 2.93. The van der Waals surface area contributed by atoms with Crippen LogP contribution >= 0.6 is 0 Å². The van der Waals surface area contributed by atoms with Crippen molar-refractivity contribution in [2.75, 3.05) is 6.54 Å². The van der Waals surface area contributed by atoms with Crippen LogP contribution in [-0.4, -0.2) is 33.2 Å². The van der Waals surface area contributed by atoms with Crippen molar-refractivity contribution in [2.24, 2.45) is 5.92 Å². The molecule has 2 fully saturated rings. The smallest absolute Gasteiger partial charge is 0.275 e. The molecule has 1 aromatic heterocycles. The van der Waals surface area contributed by atoms with Crippen LogP contribution in [0.4, 0.5) is 0 Å². The number of benzene rings is 1. The van der Waals surface area contributed by atoms with Gasteiger partial charge >= 0.3 is 0 Å². The zero-order valence-corrected chi connectivity index (χ0v) is 15.5. The Morgan fingerprint density at radius 3 is 2.65 bits per heavy atom. The van der Waals surface area contributed by atoms with Crippen molar-refractivity contribution < 1.29 is 4.79 Å². The number of piperidine rings is 1. The summed E-state index contributed by atoms with van der Waals surface area (Å²) in [6, 6.07) is 7.74. The minimum Gasteiger partial charge on any atom is -0.334 e. The normalized spacial score (nSPS) is 23.0. The molecule has 2 aliphatic rings. The summed E-state index contributed by atoms with van der Waals surface area (Å²) in [5.74, 6) is 0.636. The molecular weight excluding hydrogens is 326 g/mol. The van der Waals surface area contributed by atoms with Crippen molar-refractivity contribution in [1.82, 2.24) is 14.7 Å². The molecule has 1 saturated heterocycles. The first-order valence-electron chi connectivity index (χ1n) is 10.0. The monoisotopic (exact) mass is 353 g/mol. The molecule has 1 aromatic carbocycles. The summed E-state index contributed by atoms with van der Waals surface area (Å²) >= 11 is 0. The van der Waals surface area contributed by atoms with Crippen LogP contribution in [0.5, 0.6) is 0 Å². The van der Waals surface area contributed by atoms with Crippen LogP contribution in [0.1, 0.15) is 62.4 Å². The lowest BCUT2D eigenvalue weighted by Crippen LogP contribution is -2.50. The van der Waals surface area contributed by atoms with Crippen LogP contribution in [0.2, 0.25) is 0 Å². The summed E-state index contributed by atoms with van der Waals surface area (Å²) in [6.07, 6.45) is 7.94. The molecule has 5 nitrogen and oxygen atoms in total. The number of rotatable bonds is 3. The Kier molecular flexibility index (Phi) is 4.79. The van der Waals surface area contributed by atoms with Crippen molar-refractivity contribution in [2.45, 2.75) is 64.5 Å². The predicted octanol–water partition coefficient (Wildman–Crippen LogP) is 3.60. The van der Waals surface area contributed by atoms with E-state index in [0.29, 0.717) is 35.0 Å². The Balaban J connectivity index is 1.78. The fraction of sp³-hybridized carbons (Fsp3) is 0.571. The highest BCUT2D eigenvalue weighted by molar-refractivity contribution is 6.04. The fourth-order valence-corrected chi connectivity index (χ4v) is 4.77. The summed E-state index contributed by atoms with van der Waals surface area (Å²) in [5, 5.41) is 5.80. The molecule has 138 valence electrons. The van der Waals surface area contributed by atoms with E-state index in [2.05, 4.69) is 10.00 Å². The average Bonchev–Trinajstić information content (AvgIpc) is 2.69. The van der Waals surface area contributed by atoms with E-state index in [0.717, 1.165) is 25.8 Å². The van der Waals surface area contributed by atoms with E-state index in [1.54, 1.807) is 0 Å². The maximum absolute atomic E-state index is 13.5. The van der Waals surface area contributed by atoms with Crippen molar-refractivity contribution >= 4 is 16.7 Å². The van der Waals surface area contributed by atoms with Crippen LogP contribution in [0.25, 0.3) is 10.8 Å². The zero-order chi connectivity index (χ0) is 18.1. The van der Waals surface area contributed by atoms with Crippen LogP contribution in [0, 0.1) is 5.92 Å². The number of amides is 1. The minimum atomic E-state index is -0.104. The quantitative estimate of drug-likeness (QED) is 0.847. The van der Waals surface area contributed by atoms with E-state index in [4.69, 9.17) is 0 Å². The van der Waals surface area contributed by atoms with Gasteiger partial charge in [-0.1, -0.05) is 38.0 Å². The number of fused-ring (bicyclic) bond motifs is 2. The van der Waals surface area contributed by atoms with Gasteiger partial charge in [-0.3, -0.25) is 9.59 Å². The van der Waals surface area contributed by atoms with Crippen molar-refractivity contribution in [3.63, 3.8) is 0 Å². The summed E-state index contributed by atoms with van der Waals surface area (Å²) in [6.45, 7) is 3.36. The minimum absolute atomic E-state index is 0.00246. The van der Waals surface area contributed by atoms with Gasteiger partial charge < -0.3 is 4.90 Å². The van der Waals surface area contributed by atoms with E-state index in [-0.39, 0.29) is 11.5 Å². The highest BCUT2D eigenvalue weighted by atomic mass is 16.2. The van der Waals surface area contributed by atoms with E-state index >= 15 is 0 Å². The van der Waals surface area contributed by atoms with Crippen LogP contribution in [-0.2, 0) is 6.54 Å². The van der Waals surface area contributed by atoms with E-state index in [1.807, 2.05) is 31.2 Å². The Morgan fingerprint density at radius 2 is 1.85 bits per heavy atom. The third-order valence-corrected chi connectivity index (χ3v) is 6.01. The van der Waals surface area contributed by atoms with Gasteiger partial charge in [-0.05, 0) is 44.1 Å². The molecule has 0 N–H and O–H groups in total. The highest BCUT2D eigenvalue weighted by Gasteiger charge is 2.37. The number of likely N-dealkylation sites (tertiary alicyclic amines) is 1. The lowest BCUT2D eigenvalue weighted by atomic mass is 9.78. The van der Waals surface area contributed by atoms with Gasteiger partial charge in [0.25, 0.3) is 11.5 Å². The molecule has 2 atom stereocenters. The first-order valence-corrected chi connectivity index (χ1v) is 10.0. The number of aromatic nitrogens is 2. The predicted molar refractivity (Wildman–Crippen MR) is 102 cm³/mol. The largest absolute Gasteiger partial charge is 0.334 e. The molecule has 4 rings (SSSR count). The summed E-state index contributed by atoms with van der Waals surface area (Å²) in [5.41, 5.74) is 0.341. The number of nitrogens with zero attached hydrogens (tertiary/aromatic N) is 3. The summed E-state index contributed by atoms with van der Waals surface area (Å²) in [4.78, 5) is 28.2. The van der Waals surface area contributed by atoms with Crippen molar-refractivity contribution in [1.29, 1.82) is 0 Å². The average molecular weight is 353 g/mol. The second kappa shape index (κ2) is 7.22. The topological polar surface area (TPSA) is 55.2 Å². The Labute approximate surface area is 154 Å². The van der Waals surface area contributed by atoms with Gasteiger partial charge in [0.2, 0.25) is 0 Å². The molecule has 0 spiro atoms. The number of hydrogen-bond acceptors (Lipinski definition) is 3. The molecule has 2 unspecified atom stereocenters. The molecule has 1 amide bonds. The summed E-state index contributed by atoms with van der Waals surface area (Å²) < 4.78 is 1.47. The zero-order valence-electron chi connectivity index (χ0n) is 15.5. The molecule has 1 aliphatic carbocycles. The van der Waals surface area contributed by atoms with Gasteiger partial charge in [0, 0.05) is 24.5 Å². The molecule has 2 heterocycles. The third-order valence-electron chi connectivity index (χ3n) is 6.01. The van der Waals surface area contributed by atoms with Gasteiger partial charge in [0.1, 0.15) is 0 Å². The SMILES string of the molecule is CCCn1nc(C(=O)N2CCCC3CCCCC32)c2ccccc2c1=O. The number of hydrogen-bond donors (Lipinski definition) is 0. The fourth-order valence-electron chi connectivity index (χ4n) is 4.77. The maximum Gasteiger partial charge on any atom is 0.275 e. The molecule has 1 saturated carbocycles. The summed E-state index contributed by atoms with van der Waals surface area (Å²) in [7, 11) is 0. The van der Waals surface area contributed by atoms with Crippen LogP contribution in [0.3, 0.4) is 0 Å². The number of carbonyl (C=O) groups is 1. The molecule has 0 radical (unpaired) electrons. The first-order chi connectivity index (χ1) is 12.7. The van der Waals surface area contributed by atoms with Crippen LogP contribution < -0.4 is 5.56 Å². The van der Waals surface area contributed by atoms with Gasteiger partial charge in [-0.2, -0.15) is 5.10 Å². The molecule has 5 heteroatoms. The van der Waals surface area contributed by atoms with E-state index < -0.39 is 0 Å². The van der Waals surface area contributed by atoms with E-state index in [9.17, 15) is 9.59 Å². The van der Waals surface area contributed by atoms with Gasteiger partial charge in [-0.25, -0.2) is 4.68 Å². The van der Waals surface area contributed by atoms with Crippen molar-refractivity contribution in [3.05, 3.63) is 40.3 Å². The van der Waals surface area contributed by atoms with Crippen molar-refractivity contribution in [3.8, 4) is 0 Å². The lowest BCUT2D eigenvalue weighted by molar-refractivity contribution is 0.0385. The van der Waals surface area contributed by atoms with Gasteiger partial charge in [0.15, 0.2) is 5.69 Å². The van der Waals surface area contributed by atoms with Gasteiger partial charge in [-0.15, -0.1) is 0 Å². The molecule has 2 aromatic rings. The standard InChI is InChI=1S/C21H27N3O2/c1-2-13-24-20(25)17-11-5-4-10-16(17)19(22-24)21(26)23-14-7-9-15-8-3-6-12-18(15)23/h4-5,10-11,15,18H,2-3,6-9,12-14H2,1H3. The lowest BCUT2D eigenvalue weighted by Gasteiger charge is -2.44. The highest BCUT2D eigenvalue weighted by Crippen LogP contribution is 2.36. The number of carbonyl (C=O) groups excluding carboxylic acids is 1. The second-order valence-corrected chi connectivity index (χ2v) is 7.68.